The molecule has 1 saturated carbocycles. The van der Waals surface area contributed by atoms with Crippen molar-refractivity contribution in [2.75, 3.05) is 18.1 Å². The number of benzene rings is 1. The number of esters is 1. The Hall–Kier alpha value is -3.24. The second-order valence-corrected chi connectivity index (χ2v) is 9.54. The number of amides is 1. The van der Waals surface area contributed by atoms with E-state index in [0.29, 0.717) is 23.6 Å². The standard InChI is InChI=1S/C25H29ClN6O4/c1-16(24(34)36-14-17-7-3-2-4-8-17)28-19(33)13-31(18-10-11-18)22-21-23(30-25(26)29-22)32(15-27-21)20-9-5-6-12-35-20/h2-4,7-8,15-16,18,20H,5-6,9-14H2,1H3,(H,28,33)/t16-,20?/m0/s1. The van der Waals surface area contributed by atoms with Gasteiger partial charge in [-0.25, -0.2) is 9.78 Å². The summed E-state index contributed by atoms with van der Waals surface area (Å²) < 4.78 is 13.1. The Morgan fingerprint density at radius 1 is 1.22 bits per heavy atom. The normalized spacial score (nSPS) is 18.6. The van der Waals surface area contributed by atoms with Crippen LogP contribution in [0.5, 0.6) is 0 Å². The van der Waals surface area contributed by atoms with Crippen molar-refractivity contribution in [3.05, 3.63) is 47.5 Å². The number of nitrogens with zero attached hydrogens (tertiary/aromatic N) is 5. The molecule has 0 radical (unpaired) electrons. The van der Waals surface area contributed by atoms with Gasteiger partial charge in [0.1, 0.15) is 18.9 Å². The number of nitrogens with one attached hydrogen (secondary N) is 1. The second-order valence-electron chi connectivity index (χ2n) is 9.20. The predicted octanol–water partition coefficient (Wildman–Crippen LogP) is 3.40. The van der Waals surface area contributed by atoms with Crippen molar-refractivity contribution in [2.24, 2.45) is 0 Å². The van der Waals surface area contributed by atoms with Crippen LogP contribution in [-0.4, -0.2) is 56.6 Å². The van der Waals surface area contributed by atoms with E-state index in [1.54, 1.807) is 13.3 Å². The predicted molar refractivity (Wildman–Crippen MR) is 133 cm³/mol. The van der Waals surface area contributed by atoms with Crippen LogP contribution in [0.15, 0.2) is 36.7 Å². The molecule has 3 heterocycles. The van der Waals surface area contributed by atoms with Gasteiger partial charge in [-0.2, -0.15) is 9.97 Å². The van der Waals surface area contributed by atoms with Crippen molar-refractivity contribution in [1.82, 2.24) is 24.8 Å². The van der Waals surface area contributed by atoms with Crippen LogP contribution in [0.1, 0.15) is 50.8 Å². The molecule has 1 saturated heterocycles. The van der Waals surface area contributed by atoms with Gasteiger partial charge in [-0.3, -0.25) is 9.36 Å². The highest BCUT2D eigenvalue weighted by Gasteiger charge is 2.34. The Labute approximate surface area is 214 Å². The molecule has 36 heavy (non-hydrogen) atoms. The summed E-state index contributed by atoms with van der Waals surface area (Å²) in [4.78, 5) is 40.7. The molecule has 2 atom stereocenters. The first-order valence-electron chi connectivity index (χ1n) is 12.3. The zero-order chi connectivity index (χ0) is 25.1. The third-order valence-corrected chi connectivity index (χ3v) is 6.54. The Morgan fingerprint density at radius 2 is 2.03 bits per heavy atom. The molecule has 1 N–H and O–H groups in total. The van der Waals surface area contributed by atoms with Gasteiger partial charge in [-0.15, -0.1) is 0 Å². The zero-order valence-electron chi connectivity index (χ0n) is 20.1. The summed E-state index contributed by atoms with van der Waals surface area (Å²) in [6.45, 7) is 2.46. The number of anilines is 1. The molecule has 2 fully saturated rings. The first kappa shape index (κ1) is 24.5. The van der Waals surface area contributed by atoms with Crippen LogP contribution in [0, 0.1) is 0 Å². The molecule has 2 aromatic heterocycles. The fourth-order valence-corrected chi connectivity index (χ4v) is 4.51. The highest BCUT2D eigenvalue weighted by Crippen LogP contribution is 2.35. The summed E-state index contributed by atoms with van der Waals surface area (Å²) >= 11 is 6.32. The highest BCUT2D eigenvalue weighted by atomic mass is 35.5. The molecule has 1 aliphatic heterocycles. The molecule has 190 valence electrons. The number of carbonyl (C=O) groups excluding carboxylic acids is 2. The Morgan fingerprint density at radius 3 is 2.75 bits per heavy atom. The number of hydrogen-bond donors (Lipinski definition) is 1. The van der Waals surface area contributed by atoms with E-state index >= 15 is 0 Å². The van der Waals surface area contributed by atoms with Crippen molar-refractivity contribution in [3.63, 3.8) is 0 Å². The first-order chi connectivity index (χ1) is 17.5. The molecular weight excluding hydrogens is 484 g/mol. The molecule has 1 unspecified atom stereocenters. The van der Waals surface area contributed by atoms with E-state index < -0.39 is 12.0 Å². The number of imidazole rings is 1. The Kier molecular flexibility index (Phi) is 7.33. The largest absolute Gasteiger partial charge is 0.459 e. The Balaban J connectivity index is 1.28. The van der Waals surface area contributed by atoms with Crippen LogP contribution < -0.4 is 10.2 Å². The molecule has 0 bridgehead atoms. The molecule has 2 aliphatic rings. The molecule has 1 aliphatic carbocycles. The summed E-state index contributed by atoms with van der Waals surface area (Å²) in [5.74, 6) is -0.302. The van der Waals surface area contributed by atoms with E-state index in [1.165, 1.54) is 0 Å². The third kappa shape index (κ3) is 5.60. The molecule has 10 nitrogen and oxygen atoms in total. The number of aromatic nitrogens is 4. The molecule has 11 heteroatoms. The quantitative estimate of drug-likeness (QED) is 0.343. The number of hydrogen-bond acceptors (Lipinski definition) is 8. The lowest BCUT2D eigenvalue weighted by atomic mass is 10.2. The van der Waals surface area contributed by atoms with E-state index in [0.717, 1.165) is 37.7 Å². The van der Waals surface area contributed by atoms with Crippen LogP contribution in [-0.2, 0) is 25.7 Å². The van der Waals surface area contributed by atoms with Crippen LogP contribution in [0.2, 0.25) is 5.28 Å². The van der Waals surface area contributed by atoms with Gasteiger partial charge in [0, 0.05) is 12.6 Å². The summed E-state index contributed by atoms with van der Waals surface area (Å²) in [6.07, 6.45) is 6.38. The lowest BCUT2D eigenvalue weighted by molar-refractivity contribution is -0.148. The maximum absolute atomic E-state index is 12.9. The van der Waals surface area contributed by atoms with E-state index in [1.807, 2.05) is 39.8 Å². The van der Waals surface area contributed by atoms with Crippen LogP contribution in [0.25, 0.3) is 11.2 Å². The van der Waals surface area contributed by atoms with E-state index in [-0.39, 0.29) is 36.6 Å². The number of halogens is 1. The fourth-order valence-electron chi connectivity index (χ4n) is 4.35. The van der Waals surface area contributed by atoms with Gasteiger partial charge < -0.3 is 19.7 Å². The SMILES string of the molecule is C[C@H](NC(=O)CN(c1nc(Cl)nc2c1ncn2C1CCCCO1)C1CC1)C(=O)OCc1ccccc1. The first-order valence-corrected chi connectivity index (χ1v) is 12.7. The monoisotopic (exact) mass is 512 g/mol. The molecule has 1 amide bonds. The second kappa shape index (κ2) is 10.8. The Bertz CT molecular complexity index is 1230. The van der Waals surface area contributed by atoms with Gasteiger partial charge in [-0.05, 0) is 56.2 Å². The van der Waals surface area contributed by atoms with Gasteiger partial charge in [0.25, 0.3) is 0 Å². The maximum Gasteiger partial charge on any atom is 0.328 e. The molecule has 5 rings (SSSR count). The topological polar surface area (TPSA) is 111 Å². The smallest absolute Gasteiger partial charge is 0.328 e. The molecule has 1 aromatic carbocycles. The minimum Gasteiger partial charge on any atom is -0.459 e. The molecule has 0 spiro atoms. The average molecular weight is 513 g/mol. The van der Waals surface area contributed by atoms with Crippen molar-refractivity contribution < 1.29 is 19.1 Å². The van der Waals surface area contributed by atoms with Crippen molar-refractivity contribution >= 4 is 40.5 Å². The summed E-state index contributed by atoms with van der Waals surface area (Å²) in [6, 6.07) is 8.75. The van der Waals surface area contributed by atoms with E-state index in [9.17, 15) is 9.59 Å². The number of rotatable bonds is 9. The number of fused-ring (bicyclic) bond motifs is 1. The van der Waals surface area contributed by atoms with Crippen LogP contribution in [0.3, 0.4) is 0 Å². The average Bonchev–Trinajstić information content (AvgIpc) is 3.65. The van der Waals surface area contributed by atoms with E-state index in [2.05, 4.69) is 20.3 Å². The minimum absolute atomic E-state index is 0.0101. The van der Waals surface area contributed by atoms with Gasteiger partial charge >= 0.3 is 5.97 Å². The number of ether oxygens (including phenoxy) is 2. The van der Waals surface area contributed by atoms with Crippen LogP contribution in [0.4, 0.5) is 5.82 Å². The summed E-state index contributed by atoms with van der Waals surface area (Å²) in [5, 5.41) is 2.82. The van der Waals surface area contributed by atoms with Gasteiger partial charge in [0.05, 0.1) is 12.9 Å². The lowest BCUT2D eigenvalue weighted by Gasteiger charge is -2.25. The van der Waals surface area contributed by atoms with Crippen molar-refractivity contribution in [1.29, 1.82) is 0 Å². The van der Waals surface area contributed by atoms with Gasteiger partial charge in [0.15, 0.2) is 17.0 Å². The van der Waals surface area contributed by atoms with E-state index in [4.69, 9.17) is 21.1 Å². The minimum atomic E-state index is -0.793. The highest BCUT2D eigenvalue weighted by molar-refractivity contribution is 6.28. The maximum atomic E-state index is 12.9. The van der Waals surface area contributed by atoms with Gasteiger partial charge in [-0.1, -0.05) is 30.3 Å². The fraction of sp³-hybridized carbons (Fsp3) is 0.480. The number of carbonyl (C=O) groups is 2. The lowest BCUT2D eigenvalue weighted by Crippen LogP contribution is -2.45. The van der Waals surface area contributed by atoms with Crippen molar-refractivity contribution in [3.8, 4) is 0 Å². The van der Waals surface area contributed by atoms with Crippen LogP contribution >= 0.6 is 11.6 Å². The summed E-state index contributed by atoms with van der Waals surface area (Å²) in [5.41, 5.74) is 2.04. The van der Waals surface area contributed by atoms with Crippen molar-refractivity contribution in [2.45, 2.75) is 63.9 Å². The molecular formula is C25H29ClN6O4. The summed E-state index contributed by atoms with van der Waals surface area (Å²) in [7, 11) is 0. The molecule has 3 aromatic rings. The third-order valence-electron chi connectivity index (χ3n) is 6.37. The van der Waals surface area contributed by atoms with Gasteiger partial charge in [0.2, 0.25) is 11.2 Å². The zero-order valence-corrected chi connectivity index (χ0v) is 20.9.